The second-order valence-electron chi connectivity index (χ2n) is 3.98. The lowest BCUT2D eigenvalue weighted by Crippen LogP contribution is -2.49. The molecule has 90 valence electrons. The van der Waals surface area contributed by atoms with Crippen molar-refractivity contribution in [2.24, 2.45) is 11.5 Å². The summed E-state index contributed by atoms with van der Waals surface area (Å²) in [6.07, 6.45) is 6.04. The van der Waals surface area contributed by atoms with Gasteiger partial charge in [0.25, 0.3) is 0 Å². The summed E-state index contributed by atoms with van der Waals surface area (Å²) in [5.74, 6) is 0.522. The molecule has 6 heteroatoms. The number of aromatic nitrogens is 2. The van der Waals surface area contributed by atoms with Crippen LogP contribution in [0, 0.1) is 0 Å². The van der Waals surface area contributed by atoms with Crippen molar-refractivity contribution < 1.29 is 4.79 Å². The van der Waals surface area contributed by atoms with Crippen molar-refractivity contribution in [3.8, 4) is 0 Å². The molecular formula is C10H18N4OS. The number of rotatable bonds is 7. The van der Waals surface area contributed by atoms with Gasteiger partial charge in [-0.2, -0.15) is 0 Å². The van der Waals surface area contributed by atoms with Crippen LogP contribution in [0.5, 0.6) is 0 Å². The van der Waals surface area contributed by atoms with Crippen molar-refractivity contribution in [3.05, 3.63) is 12.4 Å². The third kappa shape index (κ3) is 4.24. The molecule has 5 N–H and O–H groups in total. The lowest BCUT2D eigenvalue weighted by atomic mass is 9.96. The first kappa shape index (κ1) is 13.1. The van der Waals surface area contributed by atoms with Crippen molar-refractivity contribution in [2.45, 2.75) is 36.9 Å². The quantitative estimate of drug-likeness (QED) is 0.488. The number of hydrogen-bond acceptors (Lipinski definition) is 4. The number of nitrogens with one attached hydrogen (secondary N) is 1. The van der Waals surface area contributed by atoms with Gasteiger partial charge in [0.1, 0.15) is 0 Å². The fourth-order valence-electron chi connectivity index (χ4n) is 1.22. The monoisotopic (exact) mass is 242 g/mol. The molecule has 0 spiro atoms. The van der Waals surface area contributed by atoms with E-state index in [0.717, 1.165) is 23.8 Å². The Kier molecular flexibility index (Phi) is 4.82. The van der Waals surface area contributed by atoms with E-state index in [2.05, 4.69) is 9.97 Å². The smallest absolute Gasteiger partial charge is 0.237 e. The van der Waals surface area contributed by atoms with Crippen molar-refractivity contribution in [2.75, 3.05) is 5.75 Å². The van der Waals surface area contributed by atoms with Crippen molar-refractivity contribution >= 4 is 17.7 Å². The number of nitrogens with zero attached hydrogens (tertiary/aromatic N) is 1. The van der Waals surface area contributed by atoms with E-state index in [-0.39, 0.29) is 0 Å². The highest BCUT2D eigenvalue weighted by Gasteiger charge is 2.24. The Labute approximate surface area is 99.4 Å². The molecule has 0 aromatic carbocycles. The molecule has 0 aliphatic carbocycles. The van der Waals surface area contributed by atoms with Crippen molar-refractivity contribution in [3.63, 3.8) is 0 Å². The molecular weight excluding hydrogens is 224 g/mol. The van der Waals surface area contributed by atoms with Gasteiger partial charge in [-0.15, -0.1) is 0 Å². The summed E-state index contributed by atoms with van der Waals surface area (Å²) in [6, 6.07) is 0. The Morgan fingerprint density at radius 3 is 2.94 bits per heavy atom. The summed E-state index contributed by atoms with van der Waals surface area (Å²) < 4.78 is 0. The number of primary amides is 1. The van der Waals surface area contributed by atoms with Gasteiger partial charge in [-0.1, -0.05) is 18.2 Å². The van der Waals surface area contributed by atoms with E-state index < -0.39 is 11.4 Å². The van der Waals surface area contributed by atoms with Gasteiger partial charge in [0.05, 0.1) is 5.54 Å². The Bertz CT molecular complexity index is 324. The highest BCUT2D eigenvalue weighted by Crippen LogP contribution is 2.16. The third-order valence-corrected chi connectivity index (χ3v) is 3.35. The van der Waals surface area contributed by atoms with Gasteiger partial charge in [0, 0.05) is 18.1 Å². The zero-order chi connectivity index (χ0) is 12.0. The highest BCUT2D eigenvalue weighted by molar-refractivity contribution is 7.99. The van der Waals surface area contributed by atoms with Crippen molar-refractivity contribution in [1.82, 2.24) is 9.97 Å². The van der Waals surface area contributed by atoms with Crippen LogP contribution < -0.4 is 11.5 Å². The molecule has 5 nitrogen and oxygen atoms in total. The molecule has 0 aliphatic heterocycles. The summed E-state index contributed by atoms with van der Waals surface area (Å²) in [5.41, 5.74) is 10.0. The van der Waals surface area contributed by atoms with Crippen LogP contribution in [-0.2, 0) is 4.79 Å². The predicted molar refractivity (Wildman–Crippen MR) is 64.9 cm³/mol. The number of nitrogens with two attached hydrogens (primary N) is 2. The number of hydrogen-bond donors (Lipinski definition) is 3. The fourth-order valence-corrected chi connectivity index (χ4v) is 2.04. The summed E-state index contributed by atoms with van der Waals surface area (Å²) in [5, 5.41) is 0.922. The summed E-state index contributed by atoms with van der Waals surface area (Å²) in [7, 11) is 0. The summed E-state index contributed by atoms with van der Waals surface area (Å²) in [6.45, 7) is 1.68. The minimum atomic E-state index is -0.880. The molecule has 0 aliphatic rings. The largest absolute Gasteiger partial charge is 0.368 e. The van der Waals surface area contributed by atoms with Crippen LogP contribution in [0.1, 0.15) is 26.2 Å². The van der Waals surface area contributed by atoms with E-state index in [4.69, 9.17) is 11.5 Å². The van der Waals surface area contributed by atoms with E-state index in [1.807, 2.05) is 0 Å². The predicted octanol–water partition coefficient (Wildman–Crippen LogP) is 0.875. The van der Waals surface area contributed by atoms with Gasteiger partial charge in [-0.3, -0.25) is 4.79 Å². The van der Waals surface area contributed by atoms with Crippen LogP contribution >= 0.6 is 11.8 Å². The number of carbonyl (C=O) groups is 1. The van der Waals surface area contributed by atoms with Gasteiger partial charge in [0.15, 0.2) is 5.16 Å². The second-order valence-corrected chi connectivity index (χ2v) is 5.07. The molecule has 1 amide bonds. The second kappa shape index (κ2) is 5.91. The van der Waals surface area contributed by atoms with Crippen LogP contribution in [-0.4, -0.2) is 27.2 Å². The number of carbonyl (C=O) groups excluding carboxylic acids is 1. The Morgan fingerprint density at radius 1 is 1.62 bits per heavy atom. The minimum absolute atomic E-state index is 0.439. The maximum absolute atomic E-state index is 10.9. The zero-order valence-corrected chi connectivity index (χ0v) is 10.2. The normalized spacial score (nSPS) is 14.6. The lowest BCUT2D eigenvalue weighted by Gasteiger charge is -2.19. The molecule has 0 fully saturated rings. The molecule has 1 unspecified atom stereocenters. The molecule has 0 saturated heterocycles. The highest BCUT2D eigenvalue weighted by atomic mass is 32.2. The number of aromatic amines is 1. The van der Waals surface area contributed by atoms with E-state index in [1.54, 1.807) is 31.1 Å². The summed E-state index contributed by atoms with van der Waals surface area (Å²) in [4.78, 5) is 18.1. The SMILES string of the molecule is CC(N)(CCCCSc1ncc[nH]1)C(N)=O. The van der Waals surface area contributed by atoms with Crippen LogP contribution in [0.15, 0.2) is 17.6 Å². The van der Waals surface area contributed by atoms with E-state index in [0.29, 0.717) is 6.42 Å². The molecule has 1 rings (SSSR count). The van der Waals surface area contributed by atoms with Crippen LogP contribution in [0.3, 0.4) is 0 Å². The standard InChI is InChI=1S/C10H18N4OS/c1-10(12,8(11)15)4-2-3-7-16-9-13-5-6-14-9/h5-6H,2-4,7,12H2,1H3,(H2,11,15)(H,13,14). The minimum Gasteiger partial charge on any atom is -0.368 e. The van der Waals surface area contributed by atoms with E-state index in [1.165, 1.54) is 0 Å². The van der Waals surface area contributed by atoms with E-state index in [9.17, 15) is 4.79 Å². The first-order valence-electron chi connectivity index (χ1n) is 5.23. The Balaban J connectivity index is 2.10. The van der Waals surface area contributed by atoms with Crippen LogP contribution in [0.2, 0.25) is 0 Å². The topological polar surface area (TPSA) is 97.8 Å². The lowest BCUT2D eigenvalue weighted by molar-refractivity contribution is -0.122. The number of unbranched alkanes of at least 4 members (excludes halogenated alkanes) is 1. The molecule has 1 aromatic rings. The Morgan fingerprint density at radius 2 is 2.38 bits per heavy atom. The average Bonchev–Trinajstić information content (AvgIpc) is 2.69. The maximum atomic E-state index is 10.9. The van der Waals surface area contributed by atoms with Gasteiger partial charge < -0.3 is 16.5 Å². The molecule has 1 aromatic heterocycles. The van der Waals surface area contributed by atoms with Gasteiger partial charge >= 0.3 is 0 Å². The zero-order valence-electron chi connectivity index (χ0n) is 9.40. The van der Waals surface area contributed by atoms with Gasteiger partial charge in [-0.25, -0.2) is 4.98 Å². The molecule has 0 bridgehead atoms. The number of thioether (sulfide) groups is 1. The van der Waals surface area contributed by atoms with Gasteiger partial charge in [0.2, 0.25) is 5.91 Å². The molecule has 16 heavy (non-hydrogen) atoms. The number of H-pyrrole nitrogens is 1. The Hall–Kier alpha value is -1.01. The fraction of sp³-hybridized carbons (Fsp3) is 0.600. The van der Waals surface area contributed by atoms with Crippen molar-refractivity contribution in [1.29, 1.82) is 0 Å². The first-order valence-corrected chi connectivity index (χ1v) is 6.22. The first-order chi connectivity index (χ1) is 7.52. The maximum Gasteiger partial charge on any atom is 0.237 e. The molecule has 0 saturated carbocycles. The number of imidazole rings is 1. The van der Waals surface area contributed by atoms with E-state index >= 15 is 0 Å². The number of amides is 1. The van der Waals surface area contributed by atoms with Gasteiger partial charge in [-0.05, 0) is 19.8 Å². The molecule has 1 heterocycles. The van der Waals surface area contributed by atoms with Crippen LogP contribution in [0.4, 0.5) is 0 Å². The molecule has 0 radical (unpaired) electrons. The third-order valence-electron chi connectivity index (χ3n) is 2.37. The van der Waals surface area contributed by atoms with Crippen LogP contribution in [0.25, 0.3) is 0 Å². The summed E-state index contributed by atoms with van der Waals surface area (Å²) >= 11 is 1.66. The molecule has 1 atom stereocenters. The average molecular weight is 242 g/mol.